The summed E-state index contributed by atoms with van der Waals surface area (Å²) in [6, 6.07) is 0. The Morgan fingerprint density at radius 3 is 1.89 bits per heavy atom. The molecule has 56 valence electrons. The molecule has 0 aromatic heterocycles. The fourth-order valence-electron chi connectivity index (χ4n) is 0.494. The molecule has 0 amide bonds. The van der Waals surface area contributed by atoms with Gasteiger partial charge in [-0.3, -0.25) is 0 Å². The molecule has 0 aromatic rings. The number of rotatable bonds is 3. The molecule has 0 aliphatic carbocycles. The van der Waals surface area contributed by atoms with E-state index in [1.165, 1.54) is 13.0 Å². The molecule has 0 spiro atoms. The van der Waals surface area contributed by atoms with Gasteiger partial charge in [0, 0.05) is 42.1 Å². The van der Waals surface area contributed by atoms with Crippen LogP contribution in [0.1, 0.15) is 13.3 Å². The summed E-state index contributed by atoms with van der Waals surface area (Å²) in [5, 5.41) is 0. The number of nitrogens with zero attached hydrogens (tertiary/aromatic N) is 1. The Kier molecular flexibility index (Phi) is 22.4. The van der Waals surface area contributed by atoms with Gasteiger partial charge in [-0.15, -0.1) is 6.54 Å². The summed E-state index contributed by atoms with van der Waals surface area (Å²) in [7, 11) is 2.08. The zero-order chi connectivity index (χ0) is 5.70. The SMILES string of the molecule is [CH2-]CN(C)CCC.[W].[W]. The smallest absolute Gasteiger partial charge is 0 e. The van der Waals surface area contributed by atoms with Crippen molar-refractivity contribution in [3.8, 4) is 0 Å². The monoisotopic (exact) mass is 468 g/mol. The van der Waals surface area contributed by atoms with E-state index >= 15 is 0 Å². The van der Waals surface area contributed by atoms with E-state index in [1.807, 2.05) is 0 Å². The number of hydrogen-bond acceptors (Lipinski definition) is 1. The normalized spacial score (nSPS) is 8.00. The molecule has 0 aliphatic rings. The van der Waals surface area contributed by atoms with E-state index < -0.39 is 0 Å². The molecule has 0 N–H and O–H groups in total. The van der Waals surface area contributed by atoms with E-state index in [1.54, 1.807) is 0 Å². The molecule has 0 saturated heterocycles. The average molecular weight is 468 g/mol. The largest absolute Gasteiger partial charge is 0.336 e. The summed E-state index contributed by atoms with van der Waals surface area (Å²) in [6.45, 7) is 8.00. The van der Waals surface area contributed by atoms with Crippen molar-refractivity contribution in [2.45, 2.75) is 13.3 Å². The van der Waals surface area contributed by atoms with Crippen LogP contribution in [0.15, 0.2) is 0 Å². The molecule has 0 aromatic carbocycles. The summed E-state index contributed by atoms with van der Waals surface area (Å²) < 4.78 is 0. The van der Waals surface area contributed by atoms with Crippen LogP contribution in [-0.4, -0.2) is 25.0 Å². The maximum absolute atomic E-state index is 3.73. The zero-order valence-corrected chi connectivity index (χ0v) is 12.0. The van der Waals surface area contributed by atoms with Gasteiger partial charge in [0.15, 0.2) is 0 Å². The first-order chi connectivity index (χ1) is 3.31. The molecule has 1 nitrogen and oxygen atoms in total. The van der Waals surface area contributed by atoms with Crippen LogP contribution in [0.2, 0.25) is 0 Å². The Bertz CT molecular complexity index is 42.0. The van der Waals surface area contributed by atoms with E-state index in [4.69, 9.17) is 0 Å². The van der Waals surface area contributed by atoms with Crippen molar-refractivity contribution >= 4 is 0 Å². The van der Waals surface area contributed by atoms with Gasteiger partial charge in [0.25, 0.3) is 0 Å². The third-order valence-electron chi connectivity index (χ3n) is 0.987. The van der Waals surface area contributed by atoms with Crippen molar-refractivity contribution in [1.29, 1.82) is 0 Å². The molecule has 0 saturated carbocycles. The Hall–Kier alpha value is 1.34. The minimum absolute atomic E-state index is 0. The molecule has 0 atom stereocenters. The molecule has 3 heteroatoms. The Morgan fingerprint density at radius 1 is 1.33 bits per heavy atom. The van der Waals surface area contributed by atoms with Gasteiger partial charge in [-0.05, 0) is 20.0 Å². The van der Waals surface area contributed by atoms with Crippen molar-refractivity contribution in [2.24, 2.45) is 0 Å². The van der Waals surface area contributed by atoms with Crippen molar-refractivity contribution in [2.75, 3.05) is 20.1 Å². The van der Waals surface area contributed by atoms with Gasteiger partial charge in [-0.25, -0.2) is 0 Å². The van der Waals surface area contributed by atoms with Gasteiger partial charge < -0.3 is 11.8 Å². The second-order valence-corrected chi connectivity index (χ2v) is 1.80. The van der Waals surface area contributed by atoms with Crippen LogP contribution >= 0.6 is 0 Å². The van der Waals surface area contributed by atoms with Gasteiger partial charge >= 0.3 is 0 Å². The van der Waals surface area contributed by atoms with E-state index in [2.05, 4.69) is 25.8 Å². The quantitative estimate of drug-likeness (QED) is 0.563. The Morgan fingerprint density at radius 2 is 1.78 bits per heavy atom. The van der Waals surface area contributed by atoms with Crippen LogP contribution in [0.25, 0.3) is 0 Å². The summed E-state index contributed by atoms with van der Waals surface area (Å²) >= 11 is 0. The molecule has 0 heterocycles. The standard InChI is InChI=1S/C6H14N.2W/c1-4-6-7(3)5-2;;/h2,4-6H2,1,3H3;;/q-1;;. The Labute approximate surface area is 87.1 Å². The predicted octanol–water partition coefficient (Wildman–Crippen LogP) is 1.16. The van der Waals surface area contributed by atoms with Crippen LogP contribution in [0.4, 0.5) is 0 Å². The van der Waals surface area contributed by atoms with Gasteiger partial charge in [0.05, 0.1) is 0 Å². The number of hydrogen-bond donors (Lipinski definition) is 0. The van der Waals surface area contributed by atoms with Crippen LogP contribution in [0.5, 0.6) is 0 Å². The van der Waals surface area contributed by atoms with Crippen LogP contribution in [0, 0.1) is 6.92 Å². The fourth-order valence-corrected chi connectivity index (χ4v) is 0.494. The van der Waals surface area contributed by atoms with Gasteiger partial charge in [-0.1, -0.05) is 6.92 Å². The van der Waals surface area contributed by atoms with Crippen molar-refractivity contribution < 1.29 is 42.1 Å². The molecular weight excluding hydrogens is 454 g/mol. The van der Waals surface area contributed by atoms with Crippen molar-refractivity contribution in [1.82, 2.24) is 4.90 Å². The maximum atomic E-state index is 3.73. The first-order valence-electron chi connectivity index (χ1n) is 2.79. The zero-order valence-electron chi connectivity index (χ0n) is 6.09. The Balaban J connectivity index is -0.000000180. The van der Waals surface area contributed by atoms with Gasteiger partial charge in [-0.2, -0.15) is 0 Å². The van der Waals surface area contributed by atoms with Crippen molar-refractivity contribution in [3.05, 3.63) is 6.92 Å². The van der Waals surface area contributed by atoms with E-state index in [0.29, 0.717) is 0 Å². The molecule has 0 radical (unpaired) electrons. The molecule has 0 aliphatic heterocycles. The van der Waals surface area contributed by atoms with Crippen LogP contribution < -0.4 is 0 Å². The summed E-state index contributed by atoms with van der Waals surface area (Å²) in [6.07, 6.45) is 1.23. The van der Waals surface area contributed by atoms with E-state index in [0.717, 1.165) is 6.54 Å². The third-order valence-corrected chi connectivity index (χ3v) is 0.987. The van der Waals surface area contributed by atoms with Crippen LogP contribution in [-0.2, 0) is 42.1 Å². The van der Waals surface area contributed by atoms with Gasteiger partial charge in [0.2, 0.25) is 0 Å². The fraction of sp³-hybridized carbons (Fsp3) is 0.833. The first kappa shape index (κ1) is 16.7. The second kappa shape index (κ2) is 12.1. The molecule has 9 heavy (non-hydrogen) atoms. The molecule has 0 unspecified atom stereocenters. The molecule has 0 rings (SSSR count). The average Bonchev–Trinajstić information content (AvgIpc) is 1.68. The summed E-state index contributed by atoms with van der Waals surface area (Å²) in [5.41, 5.74) is 0. The summed E-state index contributed by atoms with van der Waals surface area (Å²) in [4.78, 5) is 2.19. The van der Waals surface area contributed by atoms with Crippen LogP contribution in [0.3, 0.4) is 0 Å². The van der Waals surface area contributed by atoms with Gasteiger partial charge in [0.1, 0.15) is 0 Å². The maximum Gasteiger partial charge on any atom is 0 e. The molecular formula is C6H14NW2-. The summed E-state index contributed by atoms with van der Waals surface area (Å²) in [5.74, 6) is 0. The predicted molar refractivity (Wildman–Crippen MR) is 33.1 cm³/mol. The minimum Gasteiger partial charge on any atom is -0.336 e. The molecule has 0 fully saturated rings. The first-order valence-corrected chi connectivity index (χ1v) is 2.79. The van der Waals surface area contributed by atoms with E-state index in [9.17, 15) is 0 Å². The van der Waals surface area contributed by atoms with E-state index in [-0.39, 0.29) is 42.1 Å². The third kappa shape index (κ3) is 12.5. The second-order valence-electron chi connectivity index (χ2n) is 1.80. The molecule has 0 bridgehead atoms. The topological polar surface area (TPSA) is 3.24 Å². The minimum atomic E-state index is 0. The van der Waals surface area contributed by atoms with Crippen molar-refractivity contribution in [3.63, 3.8) is 0 Å².